The van der Waals surface area contributed by atoms with Crippen LogP contribution in [0, 0.1) is 10.8 Å². The van der Waals surface area contributed by atoms with Gasteiger partial charge in [-0.3, -0.25) is 0 Å². The molecule has 0 fully saturated rings. The van der Waals surface area contributed by atoms with Crippen molar-refractivity contribution in [3.8, 4) is 0 Å². The first kappa shape index (κ1) is 14.9. The van der Waals surface area contributed by atoms with E-state index in [9.17, 15) is 0 Å². The summed E-state index contributed by atoms with van der Waals surface area (Å²) in [6.45, 7) is 15.9. The standard InChI is InChI=1S/C13H30N2/c1-11(12(2,3)4)14-9-13(5,6)10-15(7)8/h11,14H,9-10H2,1-8H3. The van der Waals surface area contributed by atoms with Crippen LogP contribution < -0.4 is 5.32 Å². The highest BCUT2D eigenvalue weighted by Gasteiger charge is 2.24. The van der Waals surface area contributed by atoms with Gasteiger partial charge < -0.3 is 10.2 Å². The fourth-order valence-corrected chi connectivity index (χ4v) is 1.65. The van der Waals surface area contributed by atoms with Crippen LogP contribution in [0.2, 0.25) is 0 Å². The number of nitrogens with one attached hydrogen (secondary N) is 1. The third kappa shape index (κ3) is 6.91. The maximum Gasteiger partial charge on any atom is 0.00875 e. The van der Waals surface area contributed by atoms with Gasteiger partial charge in [-0.1, -0.05) is 34.6 Å². The second-order valence-electron chi connectivity index (χ2n) is 6.87. The molecular weight excluding hydrogens is 184 g/mol. The summed E-state index contributed by atoms with van der Waals surface area (Å²) in [6, 6.07) is 0.555. The molecule has 2 nitrogen and oxygen atoms in total. The maximum absolute atomic E-state index is 3.64. The summed E-state index contributed by atoms with van der Waals surface area (Å²) in [5, 5.41) is 3.64. The minimum Gasteiger partial charge on any atom is -0.313 e. The van der Waals surface area contributed by atoms with E-state index in [0.717, 1.165) is 13.1 Å². The summed E-state index contributed by atoms with van der Waals surface area (Å²) in [5.41, 5.74) is 0.678. The molecule has 0 radical (unpaired) electrons. The van der Waals surface area contributed by atoms with Gasteiger partial charge >= 0.3 is 0 Å². The molecule has 1 N–H and O–H groups in total. The summed E-state index contributed by atoms with van der Waals surface area (Å²) in [6.07, 6.45) is 0. The molecule has 0 aliphatic rings. The molecular formula is C13H30N2. The van der Waals surface area contributed by atoms with E-state index in [1.807, 2.05) is 0 Å². The van der Waals surface area contributed by atoms with E-state index in [1.54, 1.807) is 0 Å². The van der Waals surface area contributed by atoms with Crippen molar-refractivity contribution in [1.82, 2.24) is 10.2 Å². The summed E-state index contributed by atoms with van der Waals surface area (Å²) in [5.74, 6) is 0. The Labute approximate surface area is 96.4 Å². The van der Waals surface area contributed by atoms with E-state index in [1.165, 1.54) is 0 Å². The van der Waals surface area contributed by atoms with Gasteiger partial charge in [-0.2, -0.15) is 0 Å². The SMILES string of the molecule is CC(NCC(C)(C)CN(C)C)C(C)(C)C. The molecule has 1 atom stereocenters. The average molecular weight is 214 g/mol. The van der Waals surface area contributed by atoms with Crippen molar-refractivity contribution in [1.29, 1.82) is 0 Å². The first-order chi connectivity index (χ1) is 6.54. The van der Waals surface area contributed by atoms with Crippen molar-refractivity contribution < 1.29 is 0 Å². The highest BCUT2D eigenvalue weighted by Crippen LogP contribution is 2.21. The Balaban J connectivity index is 4.04. The highest BCUT2D eigenvalue weighted by atomic mass is 15.1. The molecule has 0 bridgehead atoms. The van der Waals surface area contributed by atoms with Gasteiger partial charge in [-0.15, -0.1) is 0 Å². The monoisotopic (exact) mass is 214 g/mol. The molecule has 2 heteroatoms. The third-order valence-electron chi connectivity index (χ3n) is 2.93. The summed E-state index contributed by atoms with van der Waals surface area (Å²) >= 11 is 0. The smallest absolute Gasteiger partial charge is 0.00875 e. The Hall–Kier alpha value is -0.0800. The van der Waals surface area contributed by atoms with Gasteiger partial charge in [0.2, 0.25) is 0 Å². The predicted octanol–water partition coefficient (Wildman–Crippen LogP) is 2.60. The first-order valence-corrected chi connectivity index (χ1v) is 5.93. The molecule has 0 amide bonds. The largest absolute Gasteiger partial charge is 0.313 e. The van der Waals surface area contributed by atoms with E-state index in [-0.39, 0.29) is 0 Å². The van der Waals surface area contributed by atoms with Gasteiger partial charge in [0, 0.05) is 19.1 Å². The molecule has 1 unspecified atom stereocenters. The van der Waals surface area contributed by atoms with Gasteiger partial charge in [0.05, 0.1) is 0 Å². The lowest BCUT2D eigenvalue weighted by Crippen LogP contribution is -2.45. The lowest BCUT2D eigenvalue weighted by Gasteiger charge is -2.34. The van der Waals surface area contributed by atoms with Crippen molar-refractivity contribution in [2.24, 2.45) is 10.8 Å². The Kier molecular flexibility index (Phi) is 5.28. The first-order valence-electron chi connectivity index (χ1n) is 5.93. The maximum atomic E-state index is 3.64. The topological polar surface area (TPSA) is 15.3 Å². The van der Waals surface area contributed by atoms with Crippen molar-refractivity contribution in [3.05, 3.63) is 0 Å². The fraction of sp³-hybridized carbons (Fsp3) is 1.00. The van der Waals surface area contributed by atoms with Crippen LogP contribution >= 0.6 is 0 Å². The van der Waals surface area contributed by atoms with Crippen LogP contribution in [0.5, 0.6) is 0 Å². The van der Waals surface area contributed by atoms with Crippen LogP contribution in [-0.2, 0) is 0 Å². The Morgan fingerprint density at radius 3 is 1.87 bits per heavy atom. The fourth-order valence-electron chi connectivity index (χ4n) is 1.65. The molecule has 0 aliphatic heterocycles. The van der Waals surface area contributed by atoms with E-state index >= 15 is 0 Å². The Morgan fingerprint density at radius 2 is 1.53 bits per heavy atom. The second-order valence-corrected chi connectivity index (χ2v) is 6.87. The molecule has 0 spiro atoms. The molecule has 0 heterocycles. The van der Waals surface area contributed by atoms with Gasteiger partial charge in [0.15, 0.2) is 0 Å². The zero-order valence-corrected chi connectivity index (χ0v) is 11.9. The normalized spacial score (nSPS) is 15.8. The molecule has 15 heavy (non-hydrogen) atoms. The minimum absolute atomic E-state index is 0.336. The molecule has 0 aromatic rings. The van der Waals surface area contributed by atoms with Gasteiger partial charge in [0.25, 0.3) is 0 Å². The molecule has 0 rings (SSSR count). The lowest BCUT2D eigenvalue weighted by atomic mass is 9.86. The number of nitrogens with zero attached hydrogens (tertiary/aromatic N) is 1. The van der Waals surface area contributed by atoms with Crippen molar-refractivity contribution in [2.45, 2.75) is 47.6 Å². The third-order valence-corrected chi connectivity index (χ3v) is 2.93. The van der Waals surface area contributed by atoms with E-state index in [2.05, 4.69) is 65.9 Å². The van der Waals surface area contributed by atoms with Crippen LogP contribution in [-0.4, -0.2) is 38.1 Å². The molecule has 0 saturated heterocycles. The number of hydrogen-bond donors (Lipinski definition) is 1. The van der Waals surface area contributed by atoms with Crippen molar-refractivity contribution in [3.63, 3.8) is 0 Å². The van der Waals surface area contributed by atoms with Crippen LogP contribution in [0.15, 0.2) is 0 Å². The van der Waals surface area contributed by atoms with Crippen LogP contribution in [0.25, 0.3) is 0 Å². The summed E-state index contributed by atoms with van der Waals surface area (Å²) in [7, 11) is 4.27. The molecule has 0 aliphatic carbocycles. The predicted molar refractivity (Wildman–Crippen MR) is 69.3 cm³/mol. The Morgan fingerprint density at radius 1 is 1.07 bits per heavy atom. The van der Waals surface area contributed by atoms with E-state index < -0.39 is 0 Å². The van der Waals surface area contributed by atoms with Crippen LogP contribution in [0.3, 0.4) is 0 Å². The average Bonchev–Trinajstić information content (AvgIpc) is 1.95. The Bertz CT molecular complexity index is 177. The van der Waals surface area contributed by atoms with Gasteiger partial charge in [0.1, 0.15) is 0 Å². The van der Waals surface area contributed by atoms with Crippen LogP contribution in [0.4, 0.5) is 0 Å². The zero-order valence-electron chi connectivity index (χ0n) is 11.9. The highest BCUT2D eigenvalue weighted by molar-refractivity contribution is 4.81. The minimum atomic E-state index is 0.336. The zero-order chi connectivity index (χ0) is 12.3. The van der Waals surface area contributed by atoms with Crippen molar-refractivity contribution in [2.75, 3.05) is 27.2 Å². The molecule has 0 aromatic heterocycles. The number of hydrogen-bond acceptors (Lipinski definition) is 2. The van der Waals surface area contributed by atoms with Crippen molar-refractivity contribution >= 4 is 0 Å². The van der Waals surface area contributed by atoms with Crippen LogP contribution in [0.1, 0.15) is 41.5 Å². The molecule has 92 valence electrons. The van der Waals surface area contributed by atoms with Gasteiger partial charge in [-0.25, -0.2) is 0 Å². The molecule has 0 saturated carbocycles. The van der Waals surface area contributed by atoms with Gasteiger partial charge in [-0.05, 0) is 31.8 Å². The summed E-state index contributed by atoms with van der Waals surface area (Å²) < 4.78 is 0. The summed E-state index contributed by atoms with van der Waals surface area (Å²) in [4.78, 5) is 2.25. The van der Waals surface area contributed by atoms with E-state index in [4.69, 9.17) is 0 Å². The number of rotatable bonds is 5. The van der Waals surface area contributed by atoms with E-state index in [0.29, 0.717) is 16.9 Å². The molecule has 0 aromatic carbocycles. The second kappa shape index (κ2) is 5.31. The lowest BCUT2D eigenvalue weighted by molar-refractivity contribution is 0.201. The quantitative estimate of drug-likeness (QED) is 0.757.